The highest BCUT2D eigenvalue weighted by Gasteiger charge is 2.24. The highest BCUT2D eigenvalue weighted by Crippen LogP contribution is 2.43. The topological polar surface area (TPSA) is 158 Å². The minimum absolute atomic E-state index is 0.0407. The molecular weight excluding hydrogens is 504 g/mol. The second-order valence-electron chi connectivity index (χ2n) is 7.52. The van der Waals surface area contributed by atoms with Gasteiger partial charge in [-0.05, 0) is 55.8 Å². The van der Waals surface area contributed by atoms with Gasteiger partial charge in [-0.2, -0.15) is 5.26 Å². The van der Waals surface area contributed by atoms with Crippen LogP contribution in [0.3, 0.4) is 0 Å². The molecule has 0 bridgehead atoms. The monoisotopic (exact) mass is 522 g/mol. The number of ether oxygens (including phenoxy) is 2. The van der Waals surface area contributed by atoms with Gasteiger partial charge in [0.15, 0.2) is 11.5 Å². The smallest absolute Gasteiger partial charge is 0.318 e. The molecule has 0 fully saturated rings. The number of anilines is 1. The highest BCUT2D eigenvalue weighted by molar-refractivity contribution is 6.32. The van der Waals surface area contributed by atoms with Crippen molar-refractivity contribution < 1.29 is 24.1 Å². The van der Waals surface area contributed by atoms with Crippen molar-refractivity contribution in [2.75, 3.05) is 11.9 Å². The number of benzene rings is 3. The summed E-state index contributed by atoms with van der Waals surface area (Å²) in [5.74, 6) is -0.940. The summed E-state index contributed by atoms with van der Waals surface area (Å²) < 4.78 is 11.2. The fourth-order valence-corrected chi connectivity index (χ4v) is 3.40. The summed E-state index contributed by atoms with van der Waals surface area (Å²) >= 11 is 6.39. The number of rotatable bonds is 9. The summed E-state index contributed by atoms with van der Waals surface area (Å²) in [5, 5.41) is 34.6. The molecule has 0 atom stereocenters. The summed E-state index contributed by atoms with van der Waals surface area (Å²) in [6, 6.07) is 14.6. The minimum Gasteiger partial charge on any atom is -0.490 e. The van der Waals surface area contributed by atoms with Crippen molar-refractivity contribution in [2.45, 2.75) is 13.8 Å². The normalized spacial score (nSPS) is 10.8. The Kier molecular flexibility index (Phi) is 8.39. The first-order chi connectivity index (χ1) is 17.6. The van der Waals surface area contributed by atoms with E-state index in [0.29, 0.717) is 11.3 Å². The third kappa shape index (κ3) is 6.59. The van der Waals surface area contributed by atoms with Crippen molar-refractivity contribution in [1.82, 2.24) is 0 Å². The number of nitrogens with zero attached hydrogens (tertiary/aromatic N) is 3. The van der Waals surface area contributed by atoms with Crippen LogP contribution in [0.1, 0.15) is 18.1 Å². The van der Waals surface area contributed by atoms with E-state index in [1.54, 1.807) is 19.1 Å². The number of halogens is 1. The van der Waals surface area contributed by atoms with Crippen molar-refractivity contribution in [1.29, 1.82) is 5.26 Å². The van der Waals surface area contributed by atoms with Crippen molar-refractivity contribution in [3.05, 3.63) is 96.5 Å². The maximum absolute atomic E-state index is 12.6. The number of nitriles is 1. The molecule has 1 amide bonds. The van der Waals surface area contributed by atoms with Crippen LogP contribution in [0.25, 0.3) is 6.08 Å². The predicted octanol–water partition coefficient (Wildman–Crippen LogP) is 6.20. The Hall–Kier alpha value is -4.95. The van der Waals surface area contributed by atoms with Crippen LogP contribution in [0, 0.1) is 38.5 Å². The summed E-state index contributed by atoms with van der Waals surface area (Å²) in [6.45, 7) is 3.75. The average Bonchev–Trinajstić information content (AvgIpc) is 2.86. The van der Waals surface area contributed by atoms with Crippen molar-refractivity contribution in [3.8, 4) is 23.3 Å². The predicted molar refractivity (Wildman–Crippen MR) is 136 cm³/mol. The average molecular weight is 523 g/mol. The number of aryl methyl sites for hydroxylation is 1. The molecule has 37 heavy (non-hydrogen) atoms. The number of carbonyl (C=O) groups is 1. The molecule has 0 heterocycles. The second kappa shape index (κ2) is 11.7. The Bertz CT molecular complexity index is 1450. The fourth-order valence-electron chi connectivity index (χ4n) is 3.14. The molecule has 3 rings (SSSR count). The molecule has 0 radical (unpaired) electrons. The van der Waals surface area contributed by atoms with E-state index in [9.17, 15) is 30.3 Å². The standard InChI is InChI=1S/C25H19ClN4O7/c1-3-36-23-12-16(10-17(14-27)25(31)28-18-6-4-15(2)5-7-18)11-20(26)24(23)37-22-9-8-19(29(32)33)13-21(22)30(34)35/h4-13H,3H2,1-2H3,(H,28,31)/b17-10+. The maximum Gasteiger partial charge on any atom is 0.318 e. The zero-order valence-electron chi connectivity index (χ0n) is 19.6. The van der Waals surface area contributed by atoms with E-state index in [2.05, 4.69) is 5.32 Å². The van der Waals surface area contributed by atoms with Crippen LogP contribution in [0.5, 0.6) is 17.2 Å². The quantitative estimate of drug-likeness (QED) is 0.150. The number of amides is 1. The molecule has 0 saturated carbocycles. The molecule has 3 aromatic rings. The van der Waals surface area contributed by atoms with E-state index in [-0.39, 0.29) is 34.5 Å². The van der Waals surface area contributed by atoms with Gasteiger partial charge in [-0.3, -0.25) is 25.0 Å². The van der Waals surface area contributed by atoms with E-state index in [1.165, 1.54) is 18.2 Å². The lowest BCUT2D eigenvalue weighted by Crippen LogP contribution is -2.13. The lowest BCUT2D eigenvalue weighted by Gasteiger charge is -2.14. The van der Waals surface area contributed by atoms with E-state index in [4.69, 9.17) is 21.1 Å². The van der Waals surface area contributed by atoms with Gasteiger partial charge in [-0.25, -0.2) is 0 Å². The fraction of sp³-hybridized carbons (Fsp3) is 0.120. The minimum atomic E-state index is -0.820. The summed E-state index contributed by atoms with van der Waals surface area (Å²) in [6.07, 6.45) is 1.30. The van der Waals surface area contributed by atoms with E-state index in [0.717, 1.165) is 23.8 Å². The van der Waals surface area contributed by atoms with Crippen molar-refractivity contribution in [3.63, 3.8) is 0 Å². The number of hydrogen-bond acceptors (Lipinski definition) is 8. The molecular formula is C25H19ClN4O7. The molecule has 0 aromatic heterocycles. The Morgan fingerprint density at radius 2 is 1.78 bits per heavy atom. The van der Waals surface area contributed by atoms with Crippen LogP contribution in [0.2, 0.25) is 5.02 Å². The molecule has 0 saturated heterocycles. The van der Waals surface area contributed by atoms with Gasteiger partial charge in [-0.15, -0.1) is 0 Å². The molecule has 3 aromatic carbocycles. The van der Waals surface area contributed by atoms with Crippen LogP contribution >= 0.6 is 11.6 Å². The van der Waals surface area contributed by atoms with Gasteiger partial charge >= 0.3 is 5.69 Å². The lowest BCUT2D eigenvalue weighted by molar-refractivity contribution is -0.394. The Morgan fingerprint density at radius 1 is 1.08 bits per heavy atom. The molecule has 188 valence electrons. The van der Waals surface area contributed by atoms with E-state index < -0.39 is 27.1 Å². The third-order valence-corrected chi connectivity index (χ3v) is 5.16. The summed E-state index contributed by atoms with van der Waals surface area (Å²) in [4.78, 5) is 33.5. The molecule has 0 spiro atoms. The van der Waals surface area contributed by atoms with Gasteiger partial charge in [0.25, 0.3) is 11.6 Å². The van der Waals surface area contributed by atoms with Gasteiger partial charge in [0.2, 0.25) is 5.75 Å². The third-order valence-electron chi connectivity index (χ3n) is 4.88. The number of hydrogen-bond donors (Lipinski definition) is 1. The van der Waals surface area contributed by atoms with Crippen LogP contribution in [0.4, 0.5) is 17.1 Å². The van der Waals surface area contributed by atoms with E-state index in [1.807, 2.05) is 25.1 Å². The number of nitro benzene ring substituents is 2. The highest BCUT2D eigenvalue weighted by atomic mass is 35.5. The van der Waals surface area contributed by atoms with Crippen molar-refractivity contribution >= 4 is 40.6 Å². The maximum atomic E-state index is 12.6. The number of non-ortho nitro benzene ring substituents is 1. The lowest BCUT2D eigenvalue weighted by atomic mass is 10.1. The Balaban J connectivity index is 1.97. The number of carbonyl (C=O) groups excluding carboxylic acids is 1. The molecule has 0 aliphatic carbocycles. The molecule has 0 aliphatic heterocycles. The molecule has 1 N–H and O–H groups in total. The van der Waals surface area contributed by atoms with Gasteiger partial charge < -0.3 is 14.8 Å². The van der Waals surface area contributed by atoms with Crippen LogP contribution in [0.15, 0.2) is 60.2 Å². The van der Waals surface area contributed by atoms with Crippen molar-refractivity contribution in [2.24, 2.45) is 0 Å². The molecule has 12 heteroatoms. The molecule has 0 unspecified atom stereocenters. The first-order valence-corrected chi connectivity index (χ1v) is 11.1. The van der Waals surface area contributed by atoms with Crippen LogP contribution in [-0.4, -0.2) is 22.4 Å². The zero-order valence-corrected chi connectivity index (χ0v) is 20.3. The second-order valence-corrected chi connectivity index (χ2v) is 7.93. The zero-order chi connectivity index (χ0) is 27.1. The van der Waals surface area contributed by atoms with Crippen LogP contribution in [-0.2, 0) is 4.79 Å². The number of nitro groups is 2. The summed E-state index contributed by atoms with van der Waals surface area (Å²) in [7, 11) is 0. The Labute approximate surface area is 215 Å². The summed E-state index contributed by atoms with van der Waals surface area (Å²) in [5.41, 5.74) is 0.514. The largest absolute Gasteiger partial charge is 0.490 e. The first-order valence-electron chi connectivity index (χ1n) is 10.7. The van der Waals surface area contributed by atoms with Gasteiger partial charge in [0.1, 0.15) is 11.6 Å². The molecule has 0 aliphatic rings. The van der Waals surface area contributed by atoms with Gasteiger partial charge in [0, 0.05) is 11.8 Å². The van der Waals surface area contributed by atoms with Crippen LogP contribution < -0.4 is 14.8 Å². The van der Waals surface area contributed by atoms with Gasteiger partial charge in [0.05, 0.1) is 27.5 Å². The SMILES string of the molecule is CCOc1cc(/C=C(\C#N)C(=O)Nc2ccc(C)cc2)cc(Cl)c1Oc1ccc([N+](=O)[O-])cc1[N+](=O)[O-]. The molecule has 11 nitrogen and oxygen atoms in total. The van der Waals surface area contributed by atoms with Gasteiger partial charge in [-0.1, -0.05) is 29.3 Å². The van der Waals surface area contributed by atoms with E-state index >= 15 is 0 Å². The first kappa shape index (κ1) is 26.7. The Morgan fingerprint density at radius 3 is 2.38 bits per heavy atom. The number of nitrogens with one attached hydrogen (secondary N) is 1.